The number of fused-ring (bicyclic) bond motifs is 1. The van der Waals surface area contributed by atoms with E-state index in [1.807, 2.05) is 32.0 Å². The number of halogens is 1. The second kappa shape index (κ2) is 8.23. The summed E-state index contributed by atoms with van der Waals surface area (Å²) in [5.41, 5.74) is 3.06. The molecule has 3 aromatic carbocycles. The van der Waals surface area contributed by atoms with Crippen molar-refractivity contribution in [2.45, 2.75) is 26.0 Å². The number of benzene rings is 3. The van der Waals surface area contributed by atoms with Crippen molar-refractivity contribution in [2.24, 2.45) is 5.92 Å². The summed E-state index contributed by atoms with van der Waals surface area (Å²) in [5, 5.41) is 13.2. The van der Waals surface area contributed by atoms with E-state index in [9.17, 15) is 19.7 Å². The lowest BCUT2D eigenvalue weighted by molar-refractivity contribution is -0.384. The molecular formula is C25H20ClN3O5. The van der Waals surface area contributed by atoms with Crippen molar-refractivity contribution in [3.05, 3.63) is 98.6 Å². The van der Waals surface area contributed by atoms with Crippen molar-refractivity contribution >= 4 is 40.5 Å². The SMILES string of the molecule is Cc1ccc(N2C(=O)[C@@H]3[C@@H](ON(c4ccccc4)[C@H]3c3cc([N+](=O)[O-])ccc3Cl)C2=O)c(C)c1. The molecule has 0 bridgehead atoms. The van der Waals surface area contributed by atoms with E-state index in [0.717, 1.165) is 16.0 Å². The first-order valence-corrected chi connectivity index (χ1v) is 11.1. The number of nitro benzene ring substituents is 1. The number of non-ortho nitro benzene ring substituents is 1. The van der Waals surface area contributed by atoms with Crippen LogP contribution in [0.2, 0.25) is 5.02 Å². The first-order chi connectivity index (χ1) is 16.3. The Morgan fingerprint density at radius 3 is 2.38 bits per heavy atom. The molecule has 0 unspecified atom stereocenters. The number of rotatable bonds is 4. The maximum Gasteiger partial charge on any atom is 0.269 e. The van der Waals surface area contributed by atoms with E-state index in [2.05, 4.69) is 0 Å². The molecule has 2 amide bonds. The molecule has 0 spiro atoms. The van der Waals surface area contributed by atoms with E-state index >= 15 is 0 Å². The molecule has 2 aliphatic heterocycles. The van der Waals surface area contributed by atoms with Gasteiger partial charge in [0.1, 0.15) is 5.92 Å². The van der Waals surface area contributed by atoms with E-state index < -0.39 is 34.8 Å². The van der Waals surface area contributed by atoms with Crippen molar-refractivity contribution in [3.63, 3.8) is 0 Å². The second-order valence-corrected chi connectivity index (χ2v) is 8.83. The van der Waals surface area contributed by atoms with E-state index in [1.165, 1.54) is 23.3 Å². The monoisotopic (exact) mass is 477 g/mol. The van der Waals surface area contributed by atoms with E-state index in [1.54, 1.807) is 30.3 Å². The lowest BCUT2D eigenvalue weighted by Gasteiger charge is -2.29. The average molecular weight is 478 g/mol. The summed E-state index contributed by atoms with van der Waals surface area (Å²) in [5.74, 6) is -1.85. The highest BCUT2D eigenvalue weighted by Gasteiger charge is 2.60. The predicted octanol–water partition coefficient (Wildman–Crippen LogP) is 4.92. The molecule has 2 heterocycles. The molecule has 34 heavy (non-hydrogen) atoms. The summed E-state index contributed by atoms with van der Waals surface area (Å²) in [6.07, 6.45) is -1.09. The molecule has 5 rings (SSSR count). The van der Waals surface area contributed by atoms with Crippen LogP contribution in [0, 0.1) is 29.9 Å². The maximum absolute atomic E-state index is 13.7. The maximum atomic E-state index is 13.7. The van der Waals surface area contributed by atoms with Crippen molar-refractivity contribution in [1.29, 1.82) is 0 Å². The minimum atomic E-state index is -1.09. The number of para-hydroxylation sites is 1. The normalized spacial score (nSPS) is 21.8. The van der Waals surface area contributed by atoms with Gasteiger partial charge in [-0.25, -0.2) is 9.96 Å². The number of nitrogens with zero attached hydrogens (tertiary/aromatic N) is 3. The van der Waals surface area contributed by atoms with Crippen LogP contribution in [0.25, 0.3) is 0 Å². The second-order valence-electron chi connectivity index (χ2n) is 8.42. The van der Waals surface area contributed by atoms with E-state index in [4.69, 9.17) is 16.4 Å². The Balaban J connectivity index is 1.64. The molecule has 0 radical (unpaired) electrons. The van der Waals surface area contributed by atoms with Gasteiger partial charge in [-0.05, 0) is 43.7 Å². The van der Waals surface area contributed by atoms with Gasteiger partial charge < -0.3 is 0 Å². The van der Waals surface area contributed by atoms with Crippen LogP contribution in [0.1, 0.15) is 22.7 Å². The van der Waals surface area contributed by atoms with Gasteiger partial charge >= 0.3 is 0 Å². The molecule has 0 N–H and O–H groups in total. The quantitative estimate of drug-likeness (QED) is 0.301. The number of carbonyl (C=O) groups excluding carboxylic acids is 2. The number of carbonyl (C=O) groups is 2. The van der Waals surface area contributed by atoms with Crippen LogP contribution in [-0.2, 0) is 14.4 Å². The zero-order valence-corrected chi connectivity index (χ0v) is 19.1. The van der Waals surface area contributed by atoms with Gasteiger partial charge in [0.15, 0.2) is 6.10 Å². The number of anilines is 2. The molecular weight excluding hydrogens is 458 g/mol. The Labute approximate surface area is 200 Å². The first-order valence-electron chi connectivity index (χ1n) is 10.7. The lowest BCUT2D eigenvalue weighted by Crippen LogP contribution is -2.37. The molecule has 3 atom stereocenters. The molecule has 2 aliphatic rings. The van der Waals surface area contributed by atoms with Crippen LogP contribution < -0.4 is 9.96 Å². The minimum absolute atomic E-state index is 0.168. The number of imide groups is 1. The zero-order valence-electron chi connectivity index (χ0n) is 18.3. The fourth-order valence-corrected chi connectivity index (χ4v) is 4.92. The Hall–Kier alpha value is -3.75. The fourth-order valence-electron chi connectivity index (χ4n) is 4.69. The van der Waals surface area contributed by atoms with Crippen LogP contribution >= 0.6 is 11.6 Å². The van der Waals surface area contributed by atoms with Gasteiger partial charge in [-0.15, -0.1) is 0 Å². The summed E-state index contributed by atoms with van der Waals surface area (Å²) < 4.78 is 0. The standard InChI is InChI=1S/C25H20ClN3O5/c1-14-8-11-20(15(2)12-14)27-24(30)21-22(18-13-17(29(32)33)9-10-19(18)26)28(34-23(21)25(27)31)16-6-4-3-5-7-16/h3-13,21-23H,1-2H3/t21-,22-,23+/m0/s1. The molecule has 2 saturated heterocycles. The lowest BCUT2D eigenvalue weighted by atomic mass is 9.90. The van der Waals surface area contributed by atoms with Gasteiger partial charge in [0.25, 0.3) is 11.6 Å². The van der Waals surface area contributed by atoms with Gasteiger partial charge in [0.2, 0.25) is 5.91 Å². The van der Waals surface area contributed by atoms with Crippen LogP contribution in [0.4, 0.5) is 17.1 Å². The van der Waals surface area contributed by atoms with E-state index in [-0.39, 0.29) is 10.7 Å². The third kappa shape index (κ3) is 3.43. The smallest absolute Gasteiger partial charge is 0.269 e. The predicted molar refractivity (Wildman–Crippen MR) is 127 cm³/mol. The number of hydrogen-bond donors (Lipinski definition) is 0. The minimum Gasteiger partial charge on any atom is -0.273 e. The van der Waals surface area contributed by atoms with Gasteiger partial charge in [0.05, 0.1) is 22.3 Å². The van der Waals surface area contributed by atoms with Crippen molar-refractivity contribution in [2.75, 3.05) is 9.96 Å². The summed E-state index contributed by atoms with van der Waals surface area (Å²) >= 11 is 6.49. The number of nitro groups is 1. The van der Waals surface area contributed by atoms with Crippen LogP contribution in [-0.4, -0.2) is 22.8 Å². The molecule has 172 valence electrons. The molecule has 3 aromatic rings. The average Bonchev–Trinajstić information content (AvgIpc) is 3.31. The highest BCUT2D eigenvalue weighted by molar-refractivity contribution is 6.31. The van der Waals surface area contributed by atoms with Crippen LogP contribution in [0.5, 0.6) is 0 Å². The zero-order chi connectivity index (χ0) is 24.1. The summed E-state index contributed by atoms with van der Waals surface area (Å²) in [6, 6.07) is 17.7. The largest absolute Gasteiger partial charge is 0.273 e. The Bertz CT molecular complexity index is 1330. The van der Waals surface area contributed by atoms with Gasteiger partial charge in [-0.3, -0.25) is 24.5 Å². The summed E-state index contributed by atoms with van der Waals surface area (Å²) in [7, 11) is 0. The number of hydroxylamine groups is 1. The van der Waals surface area contributed by atoms with Crippen LogP contribution in [0.3, 0.4) is 0 Å². The van der Waals surface area contributed by atoms with Crippen LogP contribution in [0.15, 0.2) is 66.7 Å². The molecule has 2 fully saturated rings. The molecule has 0 aliphatic carbocycles. The Morgan fingerprint density at radius 2 is 1.71 bits per heavy atom. The van der Waals surface area contributed by atoms with Gasteiger partial charge in [-0.1, -0.05) is 47.5 Å². The number of aryl methyl sites for hydroxylation is 2. The van der Waals surface area contributed by atoms with Gasteiger partial charge in [0, 0.05) is 22.7 Å². The van der Waals surface area contributed by atoms with Gasteiger partial charge in [-0.2, -0.15) is 0 Å². The summed E-state index contributed by atoms with van der Waals surface area (Å²) in [4.78, 5) is 45.4. The Morgan fingerprint density at radius 1 is 0.971 bits per heavy atom. The fraction of sp³-hybridized carbons (Fsp3) is 0.200. The third-order valence-corrected chi connectivity index (χ3v) is 6.57. The number of hydrogen-bond acceptors (Lipinski definition) is 6. The van der Waals surface area contributed by atoms with Crippen molar-refractivity contribution < 1.29 is 19.3 Å². The third-order valence-electron chi connectivity index (χ3n) is 6.23. The molecule has 0 saturated carbocycles. The highest BCUT2D eigenvalue weighted by atomic mass is 35.5. The molecule has 0 aromatic heterocycles. The topological polar surface area (TPSA) is 93.0 Å². The first kappa shape index (κ1) is 22.1. The molecule has 9 heteroatoms. The summed E-state index contributed by atoms with van der Waals surface area (Å²) in [6.45, 7) is 3.77. The Kier molecular flexibility index (Phi) is 5.34. The molecule has 8 nitrogen and oxygen atoms in total. The van der Waals surface area contributed by atoms with Crippen molar-refractivity contribution in [1.82, 2.24) is 0 Å². The van der Waals surface area contributed by atoms with E-state index in [0.29, 0.717) is 16.9 Å². The highest BCUT2D eigenvalue weighted by Crippen LogP contribution is 2.49. The number of amides is 2. The van der Waals surface area contributed by atoms with Crippen molar-refractivity contribution in [3.8, 4) is 0 Å².